The van der Waals surface area contributed by atoms with Gasteiger partial charge in [-0.05, 0) is 30.2 Å². The number of rotatable bonds is 2. The standard InChI is InChI=1S/C14H12F2O/c1-9-7-13(16)11(8-12(9)15)14(17)10-5-3-2-4-6-10/h2-8,14,17H,1H3. The van der Waals surface area contributed by atoms with Crippen molar-refractivity contribution >= 4 is 0 Å². The summed E-state index contributed by atoms with van der Waals surface area (Å²) in [6, 6.07) is 10.7. The molecule has 0 radical (unpaired) electrons. The highest BCUT2D eigenvalue weighted by atomic mass is 19.1. The number of aliphatic hydroxyl groups excluding tert-OH is 1. The van der Waals surface area contributed by atoms with Crippen LogP contribution in [0.15, 0.2) is 42.5 Å². The molecule has 1 N–H and O–H groups in total. The minimum Gasteiger partial charge on any atom is -0.384 e. The molecule has 0 aromatic heterocycles. The van der Waals surface area contributed by atoms with E-state index in [1.54, 1.807) is 30.3 Å². The van der Waals surface area contributed by atoms with Crippen LogP contribution >= 0.6 is 0 Å². The smallest absolute Gasteiger partial charge is 0.129 e. The highest BCUT2D eigenvalue weighted by Gasteiger charge is 2.16. The molecule has 0 bridgehead atoms. The summed E-state index contributed by atoms with van der Waals surface area (Å²) in [7, 11) is 0. The predicted molar refractivity (Wildman–Crippen MR) is 61.6 cm³/mol. The molecular formula is C14H12F2O. The van der Waals surface area contributed by atoms with Gasteiger partial charge in [0.1, 0.15) is 17.7 Å². The van der Waals surface area contributed by atoms with Crippen molar-refractivity contribution in [3.8, 4) is 0 Å². The van der Waals surface area contributed by atoms with Crippen LogP contribution in [0, 0.1) is 18.6 Å². The lowest BCUT2D eigenvalue weighted by Gasteiger charge is -2.13. The van der Waals surface area contributed by atoms with E-state index in [0.717, 1.165) is 12.1 Å². The molecule has 0 aliphatic heterocycles. The fourth-order valence-electron chi connectivity index (χ4n) is 1.69. The molecule has 88 valence electrons. The molecule has 0 amide bonds. The molecule has 1 atom stereocenters. The summed E-state index contributed by atoms with van der Waals surface area (Å²) >= 11 is 0. The van der Waals surface area contributed by atoms with Gasteiger partial charge in [0.25, 0.3) is 0 Å². The number of hydrogen-bond acceptors (Lipinski definition) is 1. The van der Waals surface area contributed by atoms with Gasteiger partial charge in [-0.1, -0.05) is 30.3 Å². The highest BCUT2D eigenvalue weighted by Crippen LogP contribution is 2.26. The summed E-state index contributed by atoms with van der Waals surface area (Å²) < 4.78 is 27.0. The molecule has 0 fully saturated rings. The highest BCUT2D eigenvalue weighted by molar-refractivity contribution is 5.33. The minimum atomic E-state index is -1.15. The van der Waals surface area contributed by atoms with Crippen molar-refractivity contribution < 1.29 is 13.9 Å². The first-order valence-corrected chi connectivity index (χ1v) is 5.28. The zero-order chi connectivity index (χ0) is 12.4. The average Bonchev–Trinajstić information content (AvgIpc) is 2.34. The second kappa shape index (κ2) is 4.63. The molecule has 2 rings (SSSR count). The van der Waals surface area contributed by atoms with Crippen molar-refractivity contribution in [2.75, 3.05) is 0 Å². The largest absolute Gasteiger partial charge is 0.384 e. The van der Waals surface area contributed by atoms with Gasteiger partial charge >= 0.3 is 0 Å². The molecular weight excluding hydrogens is 222 g/mol. The lowest BCUT2D eigenvalue weighted by Crippen LogP contribution is -2.04. The van der Waals surface area contributed by atoms with Gasteiger partial charge in [0, 0.05) is 5.56 Å². The zero-order valence-corrected chi connectivity index (χ0v) is 9.32. The monoisotopic (exact) mass is 234 g/mol. The van der Waals surface area contributed by atoms with Crippen LogP contribution in [0.4, 0.5) is 8.78 Å². The van der Waals surface area contributed by atoms with Crippen molar-refractivity contribution in [3.05, 3.63) is 70.8 Å². The second-order valence-electron chi connectivity index (χ2n) is 3.94. The molecule has 2 aromatic rings. The van der Waals surface area contributed by atoms with Crippen molar-refractivity contribution in [2.24, 2.45) is 0 Å². The number of aliphatic hydroxyl groups is 1. The Hall–Kier alpha value is -1.74. The fourth-order valence-corrected chi connectivity index (χ4v) is 1.69. The quantitative estimate of drug-likeness (QED) is 0.844. The average molecular weight is 234 g/mol. The van der Waals surface area contributed by atoms with Gasteiger partial charge in [-0.15, -0.1) is 0 Å². The van der Waals surface area contributed by atoms with Crippen LogP contribution in [-0.2, 0) is 0 Å². The van der Waals surface area contributed by atoms with Crippen LogP contribution in [0.3, 0.4) is 0 Å². The molecule has 1 nitrogen and oxygen atoms in total. The first-order chi connectivity index (χ1) is 8.09. The maximum absolute atomic E-state index is 13.6. The summed E-state index contributed by atoms with van der Waals surface area (Å²) in [5, 5.41) is 9.98. The molecule has 0 saturated carbocycles. The van der Waals surface area contributed by atoms with Crippen LogP contribution in [0.25, 0.3) is 0 Å². The summed E-state index contributed by atoms with van der Waals surface area (Å²) in [6.45, 7) is 1.48. The van der Waals surface area contributed by atoms with Gasteiger partial charge in [-0.3, -0.25) is 0 Å². The predicted octanol–water partition coefficient (Wildman–Crippen LogP) is 3.35. The molecule has 17 heavy (non-hydrogen) atoms. The summed E-state index contributed by atoms with van der Waals surface area (Å²) in [4.78, 5) is 0. The van der Waals surface area contributed by atoms with Crippen LogP contribution < -0.4 is 0 Å². The molecule has 1 unspecified atom stereocenters. The molecule has 3 heteroatoms. The number of halogens is 2. The fraction of sp³-hybridized carbons (Fsp3) is 0.143. The van der Waals surface area contributed by atoms with E-state index in [9.17, 15) is 13.9 Å². The Morgan fingerprint density at radius 1 is 1.00 bits per heavy atom. The summed E-state index contributed by atoms with van der Waals surface area (Å²) in [6.07, 6.45) is -1.15. The molecule has 0 heterocycles. The summed E-state index contributed by atoms with van der Waals surface area (Å²) in [5.74, 6) is -1.11. The van der Waals surface area contributed by atoms with Crippen molar-refractivity contribution in [3.63, 3.8) is 0 Å². The molecule has 0 aliphatic rings. The zero-order valence-electron chi connectivity index (χ0n) is 9.32. The Labute approximate surface area is 98.3 Å². The SMILES string of the molecule is Cc1cc(F)c(C(O)c2ccccc2)cc1F. The number of benzene rings is 2. The molecule has 0 saturated heterocycles. The topological polar surface area (TPSA) is 20.2 Å². The Kier molecular flexibility index (Phi) is 3.20. The van der Waals surface area contributed by atoms with Gasteiger partial charge in [-0.25, -0.2) is 8.78 Å². The maximum Gasteiger partial charge on any atom is 0.129 e. The van der Waals surface area contributed by atoms with Gasteiger partial charge < -0.3 is 5.11 Å². The van der Waals surface area contributed by atoms with Crippen LogP contribution in [-0.4, -0.2) is 5.11 Å². The minimum absolute atomic E-state index is 0.0423. The second-order valence-corrected chi connectivity index (χ2v) is 3.94. The first-order valence-electron chi connectivity index (χ1n) is 5.28. The van der Waals surface area contributed by atoms with Gasteiger partial charge in [0.15, 0.2) is 0 Å². The Morgan fingerprint density at radius 2 is 1.65 bits per heavy atom. The third-order valence-corrected chi connectivity index (χ3v) is 2.69. The van der Waals surface area contributed by atoms with Crippen LogP contribution in [0.1, 0.15) is 22.8 Å². The lowest BCUT2D eigenvalue weighted by molar-refractivity contribution is 0.214. The van der Waals surface area contributed by atoms with E-state index in [1.807, 2.05) is 0 Å². The van der Waals surface area contributed by atoms with Gasteiger partial charge in [-0.2, -0.15) is 0 Å². The molecule has 2 aromatic carbocycles. The third-order valence-electron chi connectivity index (χ3n) is 2.69. The lowest BCUT2D eigenvalue weighted by atomic mass is 10.00. The van der Waals surface area contributed by atoms with Crippen LogP contribution in [0.2, 0.25) is 0 Å². The van der Waals surface area contributed by atoms with E-state index in [4.69, 9.17) is 0 Å². The Morgan fingerprint density at radius 3 is 2.29 bits per heavy atom. The molecule has 0 aliphatic carbocycles. The van der Waals surface area contributed by atoms with E-state index in [0.29, 0.717) is 5.56 Å². The summed E-state index contributed by atoms with van der Waals surface area (Å²) in [5.41, 5.74) is 0.723. The first kappa shape index (κ1) is 11.7. The maximum atomic E-state index is 13.6. The van der Waals surface area contributed by atoms with E-state index >= 15 is 0 Å². The number of aryl methyl sites for hydroxylation is 1. The van der Waals surface area contributed by atoms with Crippen molar-refractivity contribution in [1.29, 1.82) is 0 Å². The van der Waals surface area contributed by atoms with E-state index in [-0.39, 0.29) is 11.1 Å². The van der Waals surface area contributed by atoms with Gasteiger partial charge in [0.05, 0.1) is 0 Å². The molecule has 0 spiro atoms. The normalized spacial score (nSPS) is 12.5. The van der Waals surface area contributed by atoms with Crippen molar-refractivity contribution in [2.45, 2.75) is 13.0 Å². The van der Waals surface area contributed by atoms with Crippen molar-refractivity contribution in [1.82, 2.24) is 0 Å². The third kappa shape index (κ3) is 2.34. The van der Waals surface area contributed by atoms with E-state index < -0.39 is 17.7 Å². The Balaban J connectivity index is 2.44. The van der Waals surface area contributed by atoms with Gasteiger partial charge in [0.2, 0.25) is 0 Å². The van der Waals surface area contributed by atoms with E-state index in [1.165, 1.54) is 6.92 Å². The van der Waals surface area contributed by atoms with Crippen LogP contribution in [0.5, 0.6) is 0 Å². The Bertz CT molecular complexity index is 523. The number of hydrogen-bond donors (Lipinski definition) is 1. The van der Waals surface area contributed by atoms with E-state index in [2.05, 4.69) is 0 Å².